The number of carbonyl (C=O) groups is 1. The fourth-order valence-corrected chi connectivity index (χ4v) is 2.58. The van der Waals surface area contributed by atoms with Crippen LogP contribution in [-0.2, 0) is 9.53 Å². The summed E-state index contributed by atoms with van der Waals surface area (Å²) >= 11 is 0. The number of methoxy groups -OCH3 is 1. The molecule has 1 rings (SSSR count). The molecule has 2 atom stereocenters. The zero-order valence-corrected chi connectivity index (χ0v) is 12.3. The van der Waals surface area contributed by atoms with Crippen LogP contribution in [-0.4, -0.2) is 48.2 Å². The summed E-state index contributed by atoms with van der Waals surface area (Å²) in [5.41, 5.74) is 0.762. The molecule has 0 amide bonds. The Hall–Kier alpha value is -1.03. The van der Waals surface area contributed by atoms with E-state index in [-0.39, 0.29) is 12.0 Å². The molecule has 0 aromatic heterocycles. The van der Waals surface area contributed by atoms with Gasteiger partial charge in [0, 0.05) is 25.3 Å². The first kappa shape index (κ1) is 15.0. The van der Waals surface area contributed by atoms with Gasteiger partial charge < -0.3 is 9.64 Å². The van der Waals surface area contributed by atoms with Crippen molar-refractivity contribution in [3.8, 4) is 0 Å². The summed E-state index contributed by atoms with van der Waals surface area (Å²) in [6, 6.07) is 0.125. The van der Waals surface area contributed by atoms with Crippen LogP contribution < -0.4 is 0 Å². The molecule has 0 aliphatic carbocycles. The second-order valence-electron chi connectivity index (χ2n) is 4.86. The van der Waals surface area contributed by atoms with E-state index in [1.54, 1.807) is 0 Å². The molecule has 1 aliphatic rings. The smallest absolute Gasteiger partial charge is 0.336 e. The Kier molecular flexibility index (Phi) is 5.66. The third-order valence-electron chi connectivity index (χ3n) is 3.60. The molecule has 18 heavy (non-hydrogen) atoms. The van der Waals surface area contributed by atoms with E-state index in [1.165, 1.54) is 7.11 Å². The van der Waals surface area contributed by atoms with Crippen molar-refractivity contribution < 1.29 is 9.53 Å². The molecule has 0 unspecified atom stereocenters. The zero-order valence-electron chi connectivity index (χ0n) is 12.3. The first-order chi connectivity index (χ1) is 8.56. The van der Waals surface area contributed by atoms with E-state index in [2.05, 4.69) is 37.5 Å². The van der Waals surface area contributed by atoms with Gasteiger partial charge in [-0.05, 0) is 26.7 Å². The molecule has 0 radical (unpaired) electrons. The Bertz CT molecular complexity index is 315. The van der Waals surface area contributed by atoms with E-state index in [9.17, 15) is 4.79 Å². The lowest BCUT2D eigenvalue weighted by atomic mass is 10.0. The second-order valence-corrected chi connectivity index (χ2v) is 4.86. The van der Waals surface area contributed by atoms with Crippen LogP contribution in [0.2, 0.25) is 0 Å². The molecule has 0 spiro atoms. The topological polar surface area (TPSA) is 32.8 Å². The quantitative estimate of drug-likeness (QED) is 0.704. The van der Waals surface area contributed by atoms with E-state index >= 15 is 0 Å². The summed E-state index contributed by atoms with van der Waals surface area (Å²) in [7, 11) is 1.45. The Morgan fingerprint density at radius 3 is 2.39 bits per heavy atom. The van der Waals surface area contributed by atoms with E-state index in [1.807, 2.05) is 6.20 Å². The predicted octanol–water partition coefficient (Wildman–Crippen LogP) is 2.22. The van der Waals surface area contributed by atoms with Crippen LogP contribution in [0.3, 0.4) is 0 Å². The highest BCUT2D eigenvalue weighted by atomic mass is 16.5. The molecule has 4 nitrogen and oxygen atoms in total. The van der Waals surface area contributed by atoms with Crippen LogP contribution in [0.1, 0.15) is 40.5 Å². The standard InChI is InChI=1S/C14H26N2O2/c1-6-8-15-10-13(14(17)18-5)11(3)16(9-7-2)12(15)4/h10-12H,6-9H2,1-5H3/t11-,12+/m0/s1. The Morgan fingerprint density at radius 2 is 1.89 bits per heavy atom. The average molecular weight is 254 g/mol. The minimum atomic E-state index is -0.211. The lowest BCUT2D eigenvalue weighted by Crippen LogP contribution is -2.54. The zero-order chi connectivity index (χ0) is 13.7. The summed E-state index contributed by atoms with van der Waals surface area (Å²) in [5.74, 6) is -0.211. The maximum atomic E-state index is 11.8. The Labute approximate surface area is 111 Å². The van der Waals surface area contributed by atoms with Crippen molar-refractivity contribution in [1.82, 2.24) is 9.80 Å². The number of ether oxygens (including phenoxy) is 1. The van der Waals surface area contributed by atoms with E-state index in [0.29, 0.717) is 6.17 Å². The molecule has 104 valence electrons. The highest BCUT2D eigenvalue weighted by Crippen LogP contribution is 2.24. The molecule has 0 aromatic carbocycles. The monoisotopic (exact) mass is 254 g/mol. The number of hydrogen-bond donors (Lipinski definition) is 0. The summed E-state index contributed by atoms with van der Waals surface area (Å²) in [5, 5.41) is 0. The predicted molar refractivity (Wildman–Crippen MR) is 73.0 cm³/mol. The molecule has 1 heterocycles. The van der Waals surface area contributed by atoms with Crippen LogP contribution in [0.5, 0.6) is 0 Å². The molecule has 4 heteroatoms. The first-order valence-corrected chi connectivity index (χ1v) is 6.88. The molecule has 1 aliphatic heterocycles. The van der Waals surface area contributed by atoms with Crippen molar-refractivity contribution in [2.24, 2.45) is 0 Å². The van der Waals surface area contributed by atoms with Gasteiger partial charge in [-0.3, -0.25) is 4.90 Å². The van der Waals surface area contributed by atoms with Gasteiger partial charge in [0.1, 0.15) is 0 Å². The van der Waals surface area contributed by atoms with E-state index in [4.69, 9.17) is 4.74 Å². The molecule has 0 fully saturated rings. The summed E-state index contributed by atoms with van der Waals surface area (Å²) < 4.78 is 4.89. The number of nitrogens with zero attached hydrogens (tertiary/aromatic N) is 2. The third kappa shape index (κ3) is 3.05. The van der Waals surface area contributed by atoms with Gasteiger partial charge in [0.05, 0.1) is 18.8 Å². The van der Waals surface area contributed by atoms with Crippen molar-refractivity contribution in [3.05, 3.63) is 11.8 Å². The number of rotatable bonds is 5. The van der Waals surface area contributed by atoms with Gasteiger partial charge in [0.25, 0.3) is 0 Å². The van der Waals surface area contributed by atoms with Crippen LogP contribution in [0, 0.1) is 0 Å². The van der Waals surface area contributed by atoms with Gasteiger partial charge in [0.15, 0.2) is 0 Å². The SMILES string of the molecule is CCCN1C=C(C(=O)OC)[C@H](C)N(CCC)[C@@H]1C. The van der Waals surface area contributed by atoms with Crippen molar-refractivity contribution >= 4 is 5.97 Å². The third-order valence-corrected chi connectivity index (χ3v) is 3.60. The second kappa shape index (κ2) is 6.78. The number of hydrogen-bond acceptors (Lipinski definition) is 4. The summed E-state index contributed by atoms with van der Waals surface area (Å²) in [6.45, 7) is 10.6. The fraction of sp³-hybridized carbons (Fsp3) is 0.786. The van der Waals surface area contributed by atoms with Gasteiger partial charge >= 0.3 is 5.97 Å². The summed E-state index contributed by atoms with van der Waals surface area (Å²) in [6.07, 6.45) is 4.48. The molecule has 0 saturated heterocycles. The molecule has 0 N–H and O–H groups in total. The van der Waals surface area contributed by atoms with E-state index in [0.717, 1.165) is 31.5 Å². The van der Waals surface area contributed by atoms with Crippen molar-refractivity contribution in [1.29, 1.82) is 0 Å². The van der Waals surface area contributed by atoms with Crippen molar-refractivity contribution in [2.75, 3.05) is 20.2 Å². The molecule has 0 aromatic rings. The average Bonchev–Trinajstić information content (AvgIpc) is 2.37. The van der Waals surface area contributed by atoms with Gasteiger partial charge in [-0.2, -0.15) is 0 Å². The van der Waals surface area contributed by atoms with Gasteiger partial charge in [-0.15, -0.1) is 0 Å². The van der Waals surface area contributed by atoms with Crippen LogP contribution >= 0.6 is 0 Å². The highest BCUT2D eigenvalue weighted by Gasteiger charge is 2.33. The van der Waals surface area contributed by atoms with E-state index < -0.39 is 0 Å². The maximum Gasteiger partial charge on any atom is 0.336 e. The summed E-state index contributed by atoms with van der Waals surface area (Å²) in [4.78, 5) is 16.4. The van der Waals surface area contributed by atoms with Gasteiger partial charge in [0.2, 0.25) is 0 Å². The molecule has 0 saturated carbocycles. The number of esters is 1. The highest BCUT2D eigenvalue weighted by molar-refractivity contribution is 5.89. The normalized spacial score (nSPS) is 24.9. The minimum absolute atomic E-state index is 0.125. The Balaban J connectivity index is 3.00. The minimum Gasteiger partial charge on any atom is -0.466 e. The van der Waals surface area contributed by atoms with Crippen LogP contribution in [0.15, 0.2) is 11.8 Å². The Morgan fingerprint density at radius 1 is 1.28 bits per heavy atom. The molecular formula is C14H26N2O2. The maximum absolute atomic E-state index is 11.8. The van der Waals surface area contributed by atoms with Crippen molar-refractivity contribution in [3.63, 3.8) is 0 Å². The van der Waals surface area contributed by atoms with Gasteiger partial charge in [-0.1, -0.05) is 13.8 Å². The van der Waals surface area contributed by atoms with Crippen LogP contribution in [0.25, 0.3) is 0 Å². The number of carbonyl (C=O) groups excluding carboxylic acids is 1. The lowest BCUT2D eigenvalue weighted by molar-refractivity contribution is -0.137. The largest absolute Gasteiger partial charge is 0.466 e. The first-order valence-electron chi connectivity index (χ1n) is 6.88. The molecular weight excluding hydrogens is 228 g/mol. The lowest BCUT2D eigenvalue weighted by Gasteiger charge is -2.45. The van der Waals surface area contributed by atoms with Crippen molar-refractivity contribution in [2.45, 2.75) is 52.7 Å². The molecule has 0 bridgehead atoms. The fourth-order valence-electron chi connectivity index (χ4n) is 2.58. The van der Waals surface area contributed by atoms with Gasteiger partial charge in [-0.25, -0.2) is 4.79 Å². The van der Waals surface area contributed by atoms with Crippen LogP contribution in [0.4, 0.5) is 0 Å².